The summed E-state index contributed by atoms with van der Waals surface area (Å²) in [5.41, 5.74) is 2.48. The highest BCUT2D eigenvalue weighted by Gasteiger charge is 2.09. The van der Waals surface area contributed by atoms with Crippen molar-refractivity contribution in [3.63, 3.8) is 0 Å². The predicted molar refractivity (Wildman–Crippen MR) is 85.9 cm³/mol. The Kier molecular flexibility index (Phi) is 5.49. The number of halogens is 1. The molecule has 2 heterocycles. The first-order chi connectivity index (χ1) is 9.70. The molecule has 0 unspecified atom stereocenters. The van der Waals surface area contributed by atoms with Crippen LogP contribution in [0, 0.1) is 0 Å². The van der Waals surface area contributed by atoms with Gasteiger partial charge >= 0.3 is 0 Å². The molecule has 0 aliphatic carbocycles. The van der Waals surface area contributed by atoms with Crippen LogP contribution in [0.25, 0.3) is 0 Å². The Morgan fingerprint density at radius 2 is 2.05 bits per heavy atom. The van der Waals surface area contributed by atoms with Crippen LogP contribution in [-0.2, 0) is 13.0 Å². The van der Waals surface area contributed by atoms with Gasteiger partial charge < -0.3 is 10.2 Å². The van der Waals surface area contributed by atoms with Gasteiger partial charge in [0.15, 0.2) is 0 Å². The fourth-order valence-electron chi connectivity index (χ4n) is 2.09. The number of hydrogen-bond donors (Lipinski definition) is 1. The lowest BCUT2D eigenvalue weighted by Gasteiger charge is -2.21. The maximum atomic E-state index is 4.54. The molecule has 0 spiro atoms. The fraction of sp³-hybridized carbons (Fsp3) is 0.333. The van der Waals surface area contributed by atoms with Gasteiger partial charge in [0.25, 0.3) is 0 Å². The second-order valence-electron chi connectivity index (χ2n) is 4.69. The molecule has 0 aliphatic heterocycles. The third-order valence-corrected chi connectivity index (χ3v) is 3.56. The Balaban J connectivity index is 2.06. The summed E-state index contributed by atoms with van der Waals surface area (Å²) in [5, 5.41) is 3.18. The van der Waals surface area contributed by atoms with E-state index < -0.39 is 0 Å². The minimum Gasteiger partial charge on any atom is -0.359 e. The summed E-state index contributed by atoms with van der Waals surface area (Å²) < 4.78 is 1.01. The molecular weight excluding hydrogens is 316 g/mol. The highest BCUT2D eigenvalue weighted by Crippen LogP contribution is 2.21. The van der Waals surface area contributed by atoms with Crippen molar-refractivity contribution in [3.8, 4) is 0 Å². The second kappa shape index (κ2) is 7.36. The molecule has 0 amide bonds. The zero-order valence-electron chi connectivity index (χ0n) is 11.8. The SMILES string of the molecule is CNCc1cc(Br)cnc1N(C)CCc1ccncc1. The monoisotopic (exact) mass is 334 g/mol. The highest BCUT2D eigenvalue weighted by atomic mass is 79.9. The maximum absolute atomic E-state index is 4.54. The summed E-state index contributed by atoms with van der Waals surface area (Å²) in [6, 6.07) is 6.22. The van der Waals surface area contributed by atoms with Crippen molar-refractivity contribution in [2.45, 2.75) is 13.0 Å². The number of rotatable bonds is 6. The van der Waals surface area contributed by atoms with Crippen molar-refractivity contribution in [2.75, 3.05) is 25.5 Å². The van der Waals surface area contributed by atoms with Gasteiger partial charge in [-0.1, -0.05) is 0 Å². The van der Waals surface area contributed by atoms with E-state index in [4.69, 9.17) is 0 Å². The molecule has 0 saturated carbocycles. The molecule has 0 fully saturated rings. The van der Waals surface area contributed by atoms with E-state index in [0.717, 1.165) is 29.8 Å². The van der Waals surface area contributed by atoms with E-state index in [2.05, 4.69) is 61.4 Å². The van der Waals surface area contributed by atoms with Gasteiger partial charge in [-0.2, -0.15) is 0 Å². The molecule has 2 aromatic rings. The van der Waals surface area contributed by atoms with E-state index in [9.17, 15) is 0 Å². The molecular formula is C15H19BrN4. The van der Waals surface area contributed by atoms with E-state index >= 15 is 0 Å². The van der Waals surface area contributed by atoms with Crippen LogP contribution in [0.3, 0.4) is 0 Å². The summed E-state index contributed by atoms with van der Waals surface area (Å²) in [6.07, 6.45) is 6.49. The number of nitrogens with one attached hydrogen (secondary N) is 1. The van der Waals surface area contributed by atoms with Crippen LogP contribution in [0.5, 0.6) is 0 Å². The van der Waals surface area contributed by atoms with Crippen LogP contribution in [0.1, 0.15) is 11.1 Å². The summed E-state index contributed by atoms with van der Waals surface area (Å²) in [5.74, 6) is 1.02. The van der Waals surface area contributed by atoms with Gasteiger partial charge in [0.1, 0.15) is 5.82 Å². The third-order valence-electron chi connectivity index (χ3n) is 3.12. The minimum atomic E-state index is 0.807. The van der Waals surface area contributed by atoms with Crippen LogP contribution in [-0.4, -0.2) is 30.6 Å². The predicted octanol–water partition coefficient (Wildman–Crippen LogP) is 2.64. The lowest BCUT2D eigenvalue weighted by molar-refractivity contribution is 0.789. The van der Waals surface area contributed by atoms with Crippen LogP contribution in [0.15, 0.2) is 41.3 Å². The third kappa shape index (κ3) is 4.02. The van der Waals surface area contributed by atoms with Crippen molar-refractivity contribution in [2.24, 2.45) is 0 Å². The van der Waals surface area contributed by atoms with E-state index in [1.165, 1.54) is 11.1 Å². The molecule has 2 aromatic heterocycles. The van der Waals surface area contributed by atoms with Gasteiger partial charge in [0, 0.05) is 48.8 Å². The summed E-state index contributed by atoms with van der Waals surface area (Å²) in [7, 11) is 4.03. The molecule has 0 aromatic carbocycles. The minimum absolute atomic E-state index is 0.807. The first-order valence-corrected chi connectivity index (χ1v) is 7.39. The number of anilines is 1. The topological polar surface area (TPSA) is 41.1 Å². The number of likely N-dealkylation sites (N-methyl/N-ethyl adjacent to an activating group) is 1. The number of aromatic nitrogens is 2. The van der Waals surface area contributed by atoms with Gasteiger partial charge in [-0.3, -0.25) is 4.98 Å². The Labute approximate surface area is 128 Å². The van der Waals surface area contributed by atoms with Crippen LogP contribution >= 0.6 is 15.9 Å². The first-order valence-electron chi connectivity index (χ1n) is 6.59. The summed E-state index contributed by atoms with van der Waals surface area (Å²) >= 11 is 3.48. The molecule has 0 aliphatic rings. The Morgan fingerprint density at radius 3 is 2.75 bits per heavy atom. The Morgan fingerprint density at radius 1 is 1.30 bits per heavy atom. The normalized spacial score (nSPS) is 10.6. The molecule has 4 nitrogen and oxygen atoms in total. The zero-order valence-corrected chi connectivity index (χ0v) is 13.4. The van der Waals surface area contributed by atoms with Gasteiger partial charge in [-0.25, -0.2) is 4.98 Å². The maximum Gasteiger partial charge on any atom is 0.132 e. The standard InChI is InChI=1S/C15H19BrN4/c1-17-10-13-9-14(16)11-19-15(13)20(2)8-5-12-3-6-18-7-4-12/h3-4,6-7,9,11,17H,5,8,10H2,1-2H3. The molecule has 0 saturated heterocycles. The lowest BCUT2D eigenvalue weighted by Crippen LogP contribution is -2.24. The van der Waals surface area contributed by atoms with Crippen molar-refractivity contribution in [1.29, 1.82) is 0 Å². The van der Waals surface area contributed by atoms with Crippen molar-refractivity contribution >= 4 is 21.7 Å². The zero-order chi connectivity index (χ0) is 14.4. The summed E-state index contributed by atoms with van der Waals surface area (Å²) in [4.78, 5) is 10.8. The quantitative estimate of drug-likeness (QED) is 0.881. The van der Waals surface area contributed by atoms with E-state index in [-0.39, 0.29) is 0 Å². The molecule has 0 radical (unpaired) electrons. The first kappa shape index (κ1) is 14.9. The second-order valence-corrected chi connectivity index (χ2v) is 5.61. The number of nitrogens with zero attached hydrogens (tertiary/aromatic N) is 3. The van der Waals surface area contributed by atoms with Crippen molar-refractivity contribution < 1.29 is 0 Å². The number of hydrogen-bond acceptors (Lipinski definition) is 4. The average molecular weight is 335 g/mol. The molecule has 20 heavy (non-hydrogen) atoms. The largest absolute Gasteiger partial charge is 0.359 e. The van der Waals surface area contributed by atoms with Crippen molar-refractivity contribution in [1.82, 2.24) is 15.3 Å². The van der Waals surface area contributed by atoms with Gasteiger partial charge in [0.2, 0.25) is 0 Å². The van der Waals surface area contributed by atoms with Gasteiger partial charge in [0.05, 0.1) is 0 Å². The molecule has 0 atom stereocenters. The lowest BCUT2D eigenvalue weighted by atomic mass is 10.2. The van der Waals surface area contributed by atoms with Crippen LogP contribution in [0.4, 0.5) is 5.82 Å². The summed E-state index contributed by atoms with van der Waals surface area (Å²) in [6.45, 7) is 1.73. The van der Waals surface area contributed by atoms with Crippen molar-refractivity contribution in [3.05, 3.63) is 52.4 Å². The van der Waals surface area contributed by atoms with E-state index in [1.807, 2.05) is 25.6 Å². The molecule has 5 heteroatoms. The Bertz CT molecular complexity index is 545. The van der Waals surface area contributed by atoms with Gasteiger partial charge in [-0.15, -0.1) is 0 Å². The molecule has 1 N–H and O–H groups in total. The molecule has 2 rings (SSSR count). The van der Waals surface area contributed by atoms with E-state index in [0.29, 0.717) is 0 Å². The molecule has 106 valence electrons. The average Bonchev–Trinajstić information content (AvgIpc) is 2.46. The molecule has 0 bridgehead atoms. The van der Waals surface area contributed by atoms with Gasteiger partial charge in [-0.05, 0) is 53.2 Å². The van der Waals surface area contributed by atoms with E-state index in [1.54, 1.807) is 0 Å². The van der Waals surface area contributed by atoms with Crippen LogP contribution in [0.2, 0.25) is 0 Å². The Hall–Kier alpha value is -1.46. The smallest absolute Gasteiger partial charge is 0.132 e. The highest BCUT2D eigenvalue weighted by molar-refractivity contribution is 9.10. The van der Waals surface area contributed by atoms with Crippen LogP contribution < -0.4 is 10.2 Å². The fourth-order valence-corrected chi connectivity index (χ4v) is 2.47. The number of pyridine rings is 2.